The molecule has 0 spiro atoms. The molecule has 23 heavy (non-hydrogen) atoms. The Morgan fingerprint density at radius 1 is 1.35 bits per heavy atom. The number of para-hydroxylation sites is 1. The summed E-state index contributed by atoms with van der Waals surface area (Å²) in [6.07, 6.45) is 3.02. The largest absolute Gasteiger partial charge is 0.463 e. The average molecular weight is 325 g/mol. The van der Waals surface area contributed by atoms with Gasteiger partial charge in [0.1, 0.15) is 5.76 Å². The summed E-state index contributed by atoms with van der Waals surface area (Å²) in [5, 5.41) is 4.91. The number of amides is 1. The molecule has 0 atom stereocenters. The van der Waals surface area contributed by atoms with E-state index in [1.165, 1.54) is 18.0 Å². The van der Waals surface area contributed by atoms with E-state index < -0.39 is 0 Å². The van der Waals surface area contributed by atoms with Crippen molar-refractivity contribution in [3.63, 3.8) is 0 Å². The predicted molar refractivity (Wildman–Crippen MR) is 91.6 cm³/mol. The maximum Gasteiger partial charge on any atom is 0.250 e. The fourth-order valence-electron chi connectivity index (χ4n) is 2.10. The van der Waals surface area contributed by atoms with Gasteiger partial charge in [-0.15, -0.1) is 11.8 Å². The number of rotatable bonds is 5. The van der Waals surface area contributed by atoms with Crippen LogP contribution in [0.2, 0.25) is 0 Å². The first-order chi connectivity index (χ1) is 11.2. The third-order valence-corrected chi connectivity index (χ3v) is 4.14. The molecule has 1 amide bonds. The predicted octanol–water partition coefficient (Wildman–Crippen LogP) is 3.38. The summed E-state index contributed by atoms with van der Waals surface area (Å²) >= 11 is 1.47. The van der Waals surface area contributed by atoms with Crippen molar-refractivity contribution in [1.82, 2.24) is 10.4 Å². The van der Waals surface area contributed by atoms with Crippen LogP contribution in [0, 0.1) is 6.92 Å². The number of aromatic nitrogens is 1. The van der Waals surface area contributed by atoms with Crippen molar-refractivity contribution in [2.75, 3.05) is 5.75 Å². The molecule has 2 heterocycles. The van der Waals surface area contributed by atoms with Crippen molar-refractivity contribution in [2.24, 2.45) is 5.10 Å². The lowest BCUT2D eigenvalue weighted by Crippen LogP contribution is -2.19. The smallest absolute Gasteiger partial charge is 0.250 e. The first-order valence-electron chi connectivity index (χ1n) is 7.07. The Morgan fingerprint density at radius 2 is 2.22 bits per heavy atom. The Kier molecular flexibility index (Phi) is 4.73. The van der Waals surface area contributed by atoms with E-state index >= 15 is 0 Å². The quantitative estimate of drug-likeness (QED) is 0.444. The number of thioether (sulfide) groups is 1. The first kappa shape index (κ1) is 15.3. The molecule has 0 bridgehead atoms. The molecule has 6 heteroatoms. The summed E-state index contributed by atoms with van der Waals surface area (Å²) in [5.74, 6) is 0.702. The Bertz CT molecular complexity index is 844. The van der Waals surface area contributed by atoms with Crippen LogP contribution in [0.4, 0.5) is 0 Å². The van der Waals surface area contributed by atoms with Gasteiger partial charge in [0.15, 0.2) is 0 Å². The molecule has 0 saturated heterocycles. The van der Waals surface area contributed by atoms with Gasteiger partial charge in [0, 0.05) is 16.0 Å². The molecule has 0 aliphatic rings. The minimum atomic E-state index is -0.170. The van der Waals surface area contributed by atoms with Gasteiger partial charge in [-0.05, 0) is 31.2 Å². The van der Waals surface area contributed by atoms with Crippen LogP contribution in [0.3, 0.4) is 0 Å². The Morgan fingerprint density at radius 3 is 3.04 bits per heavy atom. The maximum atomic E-state index is 11.9. The summed E-state index contributed by atoms with van der Waals surface area (Å²) in [5.41, 5.74) is 4.36. The highest BCUT2D eigenvalue weighted by Gasteiger charge is 2.07. The van der Waals surface area contributed by atoms with E-state index in [-0.39, 0.29) is 11.7 Å². The van der Waals surface area contributed by atoms with Gasteiger partial charge in [0.25, 0.3) is 0 Å². The van der Waals surface area contributed by atoms with Gasteiger partial charge in [0.2, 0.25) is 5.91 Å². The van der Waals surface area contributed by atoms with Crippen molar-refractivity contribution in [3.05, 3.63) is 60.2 Å². The highest BCUT2D eigenvalue weighted by atomic mass is 32.2. The molecule has 116 valence electrons. The number of carbonyl (C=O) groups is 1. The highest BCUT2D eigenvalue weighted by Crippen LogP contribution is 2.27. The van der Waals surface area contributed by atoms with E-state index in [0.29, 0.717) is 5.76 Å². The number of benzene rings is 1. The molecular weight excluding hydrogens is 310 g/mol. The molecule has 0 radical (unpaired) electrons. The third-order valence-electron chi connectivity index (χ3n) is 3.09. The SMILES string of the molecule is Cc1cc(SCC(=O)N/N=C\c2ccco2)c2ccccc2n1. The van der Waals surface area contributed by atoms with Crippen molar-refractivity contribution in [1.29, 1.82) is 0 Å². The molecule has 3 aromatic rings. The van der Waals surface area contributed by atoms with Gasteiger partial charge in [0.05, 0.1) is 23.7 Å². The molecule has 3 rings (SSSR count). The number of aryl methyl sites for hydroxylation is 1. The lowest BCUT2D eigenvalue weighted by Gasteiger charge is -2.07. The number of hydrazone groups is 1. The minimum Gasteiger partial charge on any atom is -0.463 e. The van der Waals surface area contributed by atoms with Crippen LogP contribution in [0.25, 0.3) is 10.9 Å². The summed E-state index contributed by atoms with van der Waals surface area (Å²) in [6.45, 7) is 1.95. The van der Waals surface area contributed by atoms with E-state index in [1.807, 2.05) is 37.3 Å². The van der Waals surface area contributed by atoms with Gasteiger partial charge in [-0.2, -0.15) is 5.10 Å². The Hall–Kier alpha value is -2.60. The molecule has 1 aromatic carbocycles. The molecule has 0 aliphatic carbocycles. The van der Waals surface area contributed by atoms with Crippen LogP contribution >= 0.6 is 11.8 Å². The van der Waals surface area contributed by atoms with Crippen LogP contribution < -0.4 is 5.43 Å². The second kappa shape index (κ2) is 7.11. The summed E-state index contributed by atoms with van der Waals surface area (Å²) in [7, 11) is 0. The second-order valence-electron chi connectivity index (χ2n) is 4.88. The molecule has 2 aromatic heterocycles. The minimum absolute atomic E-state index is 0.170. The molecule has 5 nitrogen and oxygen atoms in total. The lowest BCUT2D eigenvalue weighted by molar-refractivity contribution is -0.118. The zero-order chi connectivity index (χ0) is 16.1. The number of pyridine rings is 1. The molecule has 0 aliphatic heterocycles. The van der Waals surface area contributed by atoms with Crippen LogP contribution in [0.1, 0.15) is 11.5 Å². The van der Waals surface area contributed by atoms with Crippen molar-refractivity contribution in [3.8, 4) is 0 Å². The van der Waals surface area contributed by atoms with Crippen molar-refractivity contribution in [2.45, 2.75) is 11.8 Å². The van der Waals surface area contributed by atoms with Gasteiger partial charge in [-0.3, -0.25) is 9.78 Å². The van der Waals surface area contributed by atoms with Crippen molar-refractivity contribution < 1.29 is 9.21 Å². The number of hydrogen-bond acceptors (Lipinski definition) is 5. The van der Waals surface area contributed by atoms with E-state index in [2.05, 4.69) is 15.5 Å². The number of furan rings is 1. The van der Waals surface area contributed by atoms with Crippen LogP contribution in [0.15, 0.2) is 63.1 Å². The molecule has 0 saturated carbocycles. The van der Waals surface area contributed by atoms with E-state index in [9.17, 15) is 4.79 Å². The van der Waals surface area contributed by atoms with Gasteiger partial charge in [-0.1, -0.05) is 18.2 Å². The average Bonchev–Trinajstić information content (AvgIpc) is 3.06. The number of nitrogens with zero attached hydrogens (tertiary/aromatic N) is 2. The topological polar surface area (TPSA) is 67.5 Å². The number of fused-ring (bicyclic) bond motifs is 1. The summed E-state index contributed by atoms with van der Waals surface area (Å²) in [4.78, 5) is 17.4. The first-order valence-corrected chi connectivity index (χ1v) is 8.05. The molecule has 0 fully saturated rings. The Balaban J connectivity index is 1.63. The highest BCUT2D eigenvalue weighted by molar-refractivity contribution is 8.00. The fraction of sp³-hybridized carbons (Fsp3) is 0.118. The van der Waals surface area contributed by atoms with Gasteiger partial charge >= 0.3 is 0 Å². The van der Waals surface area contributed by atoms with Crippen molar-refractivity contribution >= 4 is 34.8 Å². The lowest BCUT2D eigenvalue weighted by atomic mass is 10.2. The summed E-state index contributed by atoms with van der Waals surface area (Å²) < 4.78 is 5.09. The number of nitrogens with one attached hydrogen (secondary N) is 1. The standard InChI is InChI=1S/C17H15N3O2S/c1-12-9-16(14-6-2-3-7-15(14)19-12)23-11-17(21)20-18-10-13-5-4-8-22-13/h2-10H,11H2,1H3,(H,20,21)/b18-10-. The van der Waals surface area contributed by atoms with Crippen LogP contribution in [-0.4, -0.2) is 22.9 Å². The van der Waals surface area contributed by atoms with E-state index in [0.717, 1.165) is 21.5 Å². The maximum absolute atomic E-state index is 11.9. The molecule has 1 N–H and O–H groups in total. The van der Waals surface area contributed by atoms with Gasteiger partial charge < -0.3 is 4.42 Å². The van der Waals surface area contributed by atoms with Crippen LogP contribution in [0.5, 0.6) is 0 Å². The Labute approximate surface area is 137 Å². The zero-order valence-electron chi connectivity index (χ0n) is 12.5. The third kappa shape index (κ3) is 3.98. The van der Waals surface area contributed by atoms with Crippen LogP contribution in [-0.2, 0) is 4.79 Å². The second-order valence-corrected chi connectivity index (χ2v) is 5.89. The normalized spacial score (nSPS) is 11.2. The van der Waals surface area contributed by atoms with Gasteiger partial charge in [-0.25, -0.2) is 5.43 Å². The number of hydrogen-bond donors (Lipinski definition) is 1. The monoisotopic (exact) mass is 325 g/mol. The summed E-state index contributed by atoms with van der Waals surface area (Å²) in [6, 6.07) is 13.4. The number of carbonyl (C=O) groups excluding carboxylic acids is 1. The fourth-order valence-corrected chi connectivity index (χ4v) is 3.03. The zero-order valence-corrected chi connectivity index (χ0v) is 13.3. The van der Waals surface area contributed by atoms with E-state index in [4.69, 9.17) is 4.42 Å². The van der Waals surface area contributed by atoms with E-state index in [1.54, 1.807) is 18.4 Å². The molecule has 0 unspecified atom stereocenters. The molecular formula is C17H15N3O2S.